The summed E-state index contributed by atoms with van der Waals surface area (Å²) < 4.78 is 0. The van der Waals surface area contributed by atoms with Gasteiger partial charge in [0, 0.05) is 18.2 Å². The molecule has 0 saturated carbocycles. The molecule has 1 aliphatic rings. The second-order valence-corrected chi connectivity index (χ2v) is 3.43. The van der Waals surface area contributed by atoms with Gasteiger partial charge in [-0.05, 0) is 13.3 Å². The fourth-order valence-corrected chi connectivity index (χ4v) is 1.49. The van der Waals surface area contributed by atoms with E-state index in [2.05, 4.69) is 29.4 Å². The summed E-state index contributed by atoms with van der Waals surface area (Å²) in [7, 11) is 0. The van der Waals surface area contributed by atoms with Crippen molar-refractivity contribution in [2.45, 2.75) is 19.4 Å². The number of hydrogen-bond donors (Lipinski definition) is 1. The van der Waals surface area contributed by atoms with Gasteiger partial charge < -0.3 is 5.32 Å². The molecule has 0 saturated heterocycles. The Kier molecular flexibility index (Phi) is 2.30. The Morgan fingerprint density at radius 1 is 1.31 bits per heavy atom. The number of benzene rings is 1. The predicted molar refractivity (Wildman–Crippen MR) is 55.1 cm³/mol. The van der Waals surface area contributed by atoms with Crippen LogP contribution in [0, 0.1) is 0 Å². The van der Waals surface area contributed by atoms with E-state index in [-0.39, 0.29) is 0 Å². The van der Waals surface area contributed by atoms with Crippen LogP contribution in [-0.2, 0) is 0 Å². The molecule has 2 heteroatoms. The number of aliphatic imine (C=N–C) groups is 1. The van der Waals surface area contributed by atoms with Crippen molar-refractivity contribution in [3.8, 4) is 0 Å². The normalized spacial score (nSPS) is 21.9. The minimum absolute atomic E-state index is 0.549. The molecule has 0 fully saturated rings. The van der Waals surface area contributed by atoms with Gasteiger partial charge >= 0.3 is 0 Å². The van der Waals surface area contributed by atoms with E-state index in [1.54, 1.807) is 0 Å². The number of hydrogen-bond acceptors (Lipinski definition) is 2. The molecule has 1 atom stereocenters. The van der Waals surface area contributed by atoms with Crippen molar-refractivity contribution in [1.82, 2.24) is 5.32 Å². The van der Waals surface area contributed by atoms with Gasteiger partial charge in [-0.1, -0.05) is 30.3 Å². The summed E-state index contributed by atoms with van der Waals surface area (Å²) in [6.07, 6.45) is 1.14. The molecule has 2 nitrogen and oxygen atoms in total. The van der Waals surface area contributed by atoms with Crippen LogP contribution < -0.4 is 5.32 Å². The molecule has 0 aromatic heterocycles. The molecule has 0 unspecified atom stereocenters. The van der Waals surface area contributed by atoms with Crippen molar-refractivity contribution < 1.29 is 0 Å². The molecular formula is C11H14N2. The maximum absolute atomic E-state index is 4.46. The van der Waals surface area contributed by atoms with Crippen molar-refractivity contribution >= 4 is 5.84 Å². The molecule has 0 amide bonds. The average Bonchev–Trinajstić information content (AvgIpc) is 2.19. The Morgan fingerprint density at radius 2 is 2.08 bits per heavy atom. The summed E-state index contributed by atoms with van der Waals surface area (Å²) in [5, 5.41) is 3.38. The van der Waals surface area contributed by atoms with Gasteiger partial charge in [0.1, 0.15) is 5.84 Å². The largest absolute Gasteiger partial charge is 0.367 e. The average molecular weight is 174 g/mol. The smallest absolute Gasteiger partial charge is 0.128 e. The highest BCUT2D eigenvalue weighted by Gasteiger charge is 2.11. The van der Waals surface area contributed by atoms with Crippen LogP contribution in [0.15, 0.2) is 35.3 Å². The van der Waals surface area contributed by atoms with Crippen LogP contribution in [0.2, 0.25) is 0 Å². The van der Waals surface area contributed by atoms with E-state index < -0.39 is 0 Å². The number of rotatable bonds is 1. The maximum Gasteiger partial charge on any atom is 0.128 e. The number of nitrogens with one attached hydrogen (secondary N) is 1. The zero-order valence-corrected chi connectivity index (χ0v) is 7.83. The Balaban J connectivity index is 2.22. The van der Waals surface area contributed by atoms with Crippen LogP contribution in [-0.4, -0.2) is 18.4 Å². The second-order valence-electron chi connectivity index (χ2n) is 3.43. The SMILES string of the molecule is C[C@@H]1CCN=C(c2ccccc2)N1. The van der Waals surface area contributed by atoms with Crippen molar-refractivity contribution in [2.24, 2.45) is 4.99 Å². The highest BCUT2D eigenvalue weighted by Crippen LogP contribution is 2.06. The molecule has 0 bridgehead atoms. The highest BCUT2D eigenvalue weighted by atomic mass is 15.0. The van der Waals surface area contributed by atoms with Gasteiger partial charge in [0.25, 0.3) is 0 Å². The Hall–Kier alpha value is -1.31. The van der Waals surface area contributed by atoms with E-state index in [4.69, 9.17) is 0 Å². The van der Waals surface area contributed by atoms with Gasteiger partial charge in [0.2, 0.25) is 0 Å². The lowest BCUT2D eigenvalue weighted by Gasteiger charge is -2.21. The molecule has 1 heterocycles. The van der Waals surface area contributed by atoms with Crippen molar-refractivity contribution in [2.75, 3.05) is 6.54 Å². The van der Waals surface area contributed by atoms with E-state index >= 15 is 0 Å². The Bertz CT molecular complexity index is 303. The summed E-state index contributed by atoms with van der Waals surface area (Å²) in [5.41, 5.74) is 1.19. The Morgan fingerprint density at radius 3 is 2.77 bits per heavy atom. The van der Waals surface area contributed by atoms with E-state index in [0.29, 0.717) is 6.04 Å². The van der Waals surface area contributed by atoms with Crippen LogP contribution in [0.3, 0.4) is 0 Å². The molecule has 0 aliphatic carbocycles. The van der Waals surface area contributed by atoms with Crippen LogP contribution in [0.4, 0.5) is 0 Å². The maximum atomic E-state index is 4.46. The molecule has 0 spiro atoms. The van der Waals surface area contributed by atoms with Crippen molar-refractivity contribution in [3.63, 3.8) is 0 Å². The lowest BCUT2D eigenvalue weighted by atomic mass is 10.1. The lowest BCUT2D eigenvalue weighted by Crippen LogP contribution is -2.37. The Labute approximate surface area is 78.7 Å². The van der Waals surface area contributed by atoms with Crippen molar-refractivity contribution in [1.29, 1.82) is 0 Å². The van der Waals surface area contributed by atoms with E-state index in [1.165, 1.54) is 5.56 Å². The van der Waals surface area contributed by atoms with Crippen LogP contribution in [0.1, 0.15) is 18.9 Å². The number of nitrogens with zero attached hydrogens (tertiary/aromatic N) is 1. The van der Waals surface area contributed by atoms with Crippen LogP contribution in [0.5, 0.6) is 0 Å². The van der Waals surface area contributed by atoms with Gasteiger partial charge in [0.05, 0.1) is 0 Å². The minimum atomic E-state index is 0.549. The van der Waals surface area contributed by atoms with Crippen LogP contribution >= 0.6 is 0 Å². The lowest BCUT2D eigenvalue weighted by molar-refractivity contribution is 0.588. The molecule has 1 aromatic carbocycles. The first-order chi connectivity index (χ1) is 6.36. The fourth-order valence-electron chi connectivity index (χ4n) is 1.49. The molecule has 1 aliphatic heterocycles. The van der Waals surface area contributed by atoms with E-state index in [1.807, 2.05) is 18.2 Å². The molecule has 68 valence electrons. The number of amidine groups is 1. The first-order valence-electron chi connectivity index (χ1n) is 4.72. The molecule has 1 N–H and O–H groups in total. The molecule has 1 aromatic rings. The monoisotopic (exact) mass is 174 g/mol. The summed E-state index contributed by atoms with van der Waals surface area (Å²) in [4.78, 5) is 4.46. The first kappa shape index (κ1) is 8.30. The zero-order valence-electron chi connectivity index (χ0n) is 7.83. The third kappa shape index (κ3) is 1.89. The molecular weight excluding hydrogens is 160 g/mol. The summed E-state index contributed by atoms with van der Waals surface area (Å²) >= 11 is 0. The van der Waals surface area contributed by atoms with E-state index in [9.17, 15) is 0 Å². The standard InChI is InChI=1S/C11H14N2/c1-9-7-8-12-11(13-9)10-5-3-2-4-6-10/h2-6,9H,7-8H2,1H3,(H,12,13)/t9-/m1/s1. The second kappa shape index (κ2) is 3.60. The zero-order chi connectivity index (χ0) is 9.10. The minimum Gasteiger partial charge on any atom is -0.367 e. The highest BCUT2D eigenvalue weighted by molar-refractivity contribution is 5.99. The summed E-state index contributed by atoms with van der Waals surface area (Å²) in [6.45, 7) is 3.13. The predicted octanol–water partition coefficient (Wildman–Crippen LogP) is 1.81. The molecule has 2 rings (SSSR count). The summed E-state index contributed by atoms with van der Waals surface area (Å²) in [5.74, 6) is 1.04. The summed E-state index contributed by atoms with van der Waals surface area (Å²) in [6, 6.07) is 10.8. The topological polar surface area (TPSA) is 24.4 Å². The molecule has 13 heavy (non-hydrogen) atoms. The van der Waals surface area contributed by atoms with Crippen molar-refractivity contribution in [3.05, 3.63) is 35.9 Å². The van der Waals surface area contributed by atoms with Gasteiger partial charge in [0.15, 0.2) is 0 Å². The third-order valence-electron chi connectivity index (χ3n) is 2.26. The van der Waals surface area contributed by atoms with Gasteiger partial charge in [-0.3, -0.25) is 4.99 Å². The van der Waals surface area contributed by atoms with Gasteiger partial charge in [-0.25, -0.2) is 0 Å². The third-order valence-corrected chi connectivity index (χ3v) is 2.26. The van der Waals surface area contributed by atoms with Crippen LogP contribution in [0.25, 0.3) is 0 Å². The van der Waals surface area contributed by atoms with Gasteiger partial charge in [-0.2, -0.15) is 0 Å². The molecule has 0 radical (unpaired) electrons. The quantitative estimate of drug-likeness (QED) is 0.690. The fraction of sp³-hybridized carbons (Fsp3) is 0.364. The first-order valence-corrected chi connectivity index (χ1v) is 4.72. The van der Waals surface area contributed by atoms with E-state index in [0.717, 1.165) is 18.8 Å². The van der Waals surface area contributed by atoms with Gasteiger partial charge in [-0.15, -0.1) is 0 Å².